The fourth-order valence-corrected chi connectivity index (χ4v) is 5.66. The highest BCUT2D eigenvalue weighted by atomic mass is 32.2. The van der Waals surface area contributed by atoms with Crippen LogP contribution in [-0.2, 0) is 35.5 Å². The second kappa shape index (κ2) is 10.6. The number of thioether (sulfide) groups is 1. The maximum Gasteiger partial charge on any atom is 0.319 e. The van der Waals surface area contributed by atoms with E-state index in [1.807, 2.05) is 46.8 Å². The Labute approximate surface area is 206 Å². The molecule has 4 rings (SSSR count). The summed E-state index contributed by atoms with van der Waals surface area (Å²) >= 11 is 8.97. The van der Waals surface area contributed by atoms with E-state index in [0.717, 1.165) is 21.2 Å². The second-order valence-electron chi connectivity index (χ2n) is 7.62. The minimum Gasteiger partial charge on any atom is -0.468 e. The molecule has 0 aliphatic carbocycles. The molecule has 7 nitrogen and oxygen atoms in total. The molecule has 0 atom stereocenters. The Hall–Kier alpha value is -2.53. The first-order valence-corrected chi connectivity index (χ1v) is 12.6. The molecule has 0 bridgehead atoms. The minimum atomic E-state index is -0.294. The largest absolute Gasteiger partial charge is 0.468 e. The molecule has 0 N–H and O–H groups in total. The highest BCUT2D eigenvalue weighted by Gasteiger charge is 2.17. The van der Waals surface area contributed by atoms with Crippen LogP contribution in [0, 0.1) is 11.7 Å². The number of hydrogen-bond donors (Lipinski definition) is 0. The molecule has 2 heterocycles. The number of hydrogen-bond acceptors (Lipinski definition) is 8. The molecule has 0 saturated heterocycles. The van der Waals surface area contributed by atoms with Crippen LogP contribution in [0.1, 0.15) is 17.0 Å². The summed E-state index contributed by atoms with van der Waals surface area (Å²) in [4.78, 5) is 18.7. The first-order valence-electron chi connectivity index (χ1n) is 10.4. The van der Waals surface area contributed by atoms with Crippen LogP contribution in [0.2, 0.25) is 0 Å². The van der Waals surface area contributed by atoms with Crippen LogP contribution in [0.15, 0.2) is 52.9 Å². The summed E-state index contributed by atoms with van der Waals surface area (Å²) in [7, 11) is 3.32. The fraction of sp³-hybridized carbons (Fsp3) is 0.304. The average molecular weight is 500 g/mol. The molecule has 0 aliphatic rings. The van der Waals surface area contributed by atoms with Gasteiger partial charge in [-0.25, -0.2) is 9.67 Å². The smallest absolute Gasteiger partial charge is 0.319 e. The van der Waals surface area contributed by atoms with E-state index in [1.165, 1.54) is 17.4 Å². The number of aryl methyl sites for hydroxylation is 1. The van der Waals surface area contributed by atoms with E-state index in [1.54, 1.807) is 27.8 Å². The number of esters is 1. The van der Waals surface area contributed by atoms with Gasteiger partial charge in [0.1, 0.15) is 5.82 Å². The van der Waals surface area contributed by atoms with Crippen molar-refractivity contribution in [3.05, 3.63) is 70.3 Å². The van der Waals surface area contributed by atoms with Gasteiger partial charge < -0.3 is 9.30 Å². The van der Waals surface area contributed by atoms with Crippen LogP contribution < -0.4 is 0 Å². The number of methoxy groups -OCH3 is 1. The number of carbonyl (C=O) groups excluding carboxylic acids is 1. The van der Waals surface area contributed by atoms with Gasteiger partial charge in [0.25, 0.3) is 0 Å². The third kappa shape index (κ3) is 5.70. The third-order valence-corrected chi connectivity index (χ3v) is 7.96. The molecule has 0 fully saturated rings. The molecule has 0 unspecified atom stereocenters. The van der Waals surface area contributed by atoms with Crippen molar-refractivity contribution < 1.29 is 9.53 Å². The summed E-state index contributed by atoms with van der Waals surface area (Å²) in [6.45, 7) is 3.20. The Morgan fingerprint density at radius 2 is 1.97 bits per heavy atom. The summed E-state index contributed by atoms with van der Waals surface area (Å²) in [5.41, 5.74) is 3.33. The number of benzene rings is 2. The zero-order chi connectivity index (χ0) is 23.4. The molecule has 2 aromatic carbocycles. The van der Waals surface area contributed by atoms with E-state index in [4.69, 9.17) is 22.1 Å². The van der Waals surface area contributed by atoms with Gasteiger partial charge in [0.15, 0.2) is 9.11 Å². The van der Waals surface area contributed by atoms with Gasteiger partial charge >= 0.3 is 5.97 Å². The molecule has 2 aromatic heterocycles. The Bertz CT molecular complexity index is 1290. The van der Waals surface area contributed by atoms with Crippen LogP contribution in [0.3, 0.4) is 0 Å². The molecule has 10 heteroatoms. The molecule has 0 radical (unpaired) electrons. The molecule has 0 amide bonds. The SMILES string of the molecule is COC(=O)CN(Cc1ccccc1C)Cn1nc(CSc2nc3ccccc3s2)n(C)c1=S. The zero-order valence-electron chi connectivity index (χ0n) is 18.7. The van der Waals surface area contributed by atoms with Crippen molar-refractivity contribution >= 4 is 51.5 Å². The van der Waals surface area contributed by atoms with Crippen molar-refractivity contribution in [3.63, 3.8) is 0 Å². The van der Waals surface area contributed by atoms with Crippen molar-refractivity contribution in [1.82, 2.24) is 24.2 Å². The molecule has 172 valence electrons. The normalized spacial score (nSPS) is 11.4. The predicted molar refractivity (Wildman–Crippen MR) is 135 cm³/mol. The van der Waals surface area contributed by atoms with Gasteiger partial charge in [0.05, 0.1) is 36.3 Å². The van der Waals surface area contributed by atoms with Crippen LogP contribution in [0.25, 0.3) is 10.2 Å². The van der Waals surface area contributed by atoms with Gasteiger partial charge in [-0.3, -0.25) is 9.69 Å². The number of fused-ring (bicyclic) bond motifs is 1. The monoisotopic (exact) mass is 499 g/mol. The molecular weight excluding hydrogens is 474 g/mol. The van der Waals surface area contributed by atoms with E-state index in [-0.39, 0.29) is 12.5 Å². The predicted octanol–water partition coefficient (Wildman–Crippen LogP) is 4.79. The maximum absolute atomic E-state index is 12.0. The number of nitrogens with zero attached hydrogens (tertiary/aromatic N) is 5. The van der Waals surface area contributed by atoms with Gasteiger partial charge in [0, 0.05) is 13.6 Å². The van der Waals surface area contributed by atoms with Crippen molar-refractivity contribution in [2.24, 2.45) is 7.05 Å². The Morgan fingerprint density at radius 1 is 1.21 bits per heavy atom. The summed E-state index contributed by atoms with van der Waals surface area (Å²) in [5.74, 6) is 1.22. The lowest BCUT2D eigenvalue weighted by atomic mass is 10.1. The summed E-state index contributed by atoms with van der Waals surface area (Å²) in [5, 5.41) is 4.75. The number of aromatic nitrogens is 4. The number of rotatable bonds is 9. The molecule has 4 aromatic rings. The molecule has 33 heavy (non-hydrogen) atoms. The van der Waals surface area contributed by atoms with E-state index < -0.39 is 0 Å². The van der Waals surface area contributed by atoms with Crippen molar-refractivity contribution in [3.8, 4) is 0 Å². The zero-order valence-corrected chi connectivity index (χ0v) is 21.2. The van der Waals surface area contributed by atoms with Gasteiger partial charge in [-0.1, -0.05) is 48.2 Å². The minimum absolute atomic E-state index is 0.152. The van der Waals surface area contributed by atoms with Gasteiger partial charge in [0.2, 0.25) is 0 Å². The highest BCUT2D eigenvalue weighted by molar-refractivity contribution is 8.00. The van der Waals surface area contributed by atoms with Crippen LogP contribution in [-0.4, -0.2) is 43.9 Å². The average Bonchev–Trinajstić information content (AvgIpc) is 3.35. The molecule has 0 spiro atoms. The highest BCUT2D eigenvalue weighted by Crippen LogP contribution is 2.31. The van der Waals surface area contributed by atoms with Crippen molar-refractivity contribution in [1.29, 1.82) is 0 Å². The van der Waals surface area contributed by atoms with E-state index >= 15 is 0 Å². The van der Waals surface area contributed by atoms with E-state index in [2.05, 4.69) is 30.1 Å². The standard InChI is InChI=1S/C23H25N5O2S3/c1-16-8-4-5-9-17(16)12-27(13-21(29)30-3)15-28-23(31)26(2)20(25-28)14-32-22-24-18-10-6-7-11-19(18)33-22/h4-11H,12-15H2,1-3H3. The molecule has 0 saturated carbocycles. The Morgan fingerprint density at radius 3 is 2.73 bits per heavy atom. The number of para-hydroxylation sites is 1. The first kappa shape index (κ1) is 23.6. The van der Waals surface area contributed by atoms with Crippen LogP contribution in [0.4, 0.5) is 0 Å². The summed E-state index contributed by atoms with van der Waals surface area (Å²) < 4.78 is 11.4. The lowest BCUT2D eigenvalue weighted by Gasteiger charge is -2.21. The number of thiazole rings is 1. The lowest BCUT2D eigenvalue weighted by Crippen LogP contribution is -2.33. The quantitative estimate of drug-likeness (QED) is 0.186. The van der Waals surface area contributed by atoms with Gasteiger partial charge in [-0.15, -0.1) is 11.3 Å². The van der Waals surface area contributed by atoms with Crippen LogP contribution >= 0.6 is 35.3 Å². The van der Waals surface area contributed by atoms with Gasteiger partial charge in [-0.2, -0.15) is 5.10 Å². The Kier molecular flexibility index (Phi) is 7.59. The van der Waals surface area contributed by atoms with Gasteiger partial charge in [-0.05, 0) is 42.4 Å². The topological polar surface area (TPSA) is 65.2 Å². The third-order valence-electron chi connectivity index (χ3n) is 5.30. The van der Waals surface area contributed by atoms with Crippen LogP contribution in [0.5, 0.6) is 0 Å². The van der Waals surface area contributed by atoms with E-state index in [9.17, 15) is 4.79 Å². The fourth-order valence-electron chi connectivity index (χ4n) is 3.41. The summed E-state index contributed by atoms with van der Waals surface area (Å²) in [6, 6.07) is 16.3. The first-order chi connectivity index (χ1) is 15.9. The lowest BCUT2D eigenvalue weighted by molar-refractivity contribution is -0.142. The Balaban J connectivity index is 1.50. The second-order valence-corrected chi connectivity index (χ2v) is 10.2. The number of ether oxygens (including phenoxy) is 1. The van der Waals surface area contributed by atoms with E-state index in [0.29, 0.717) is 23.7 Å². The summed E-state index contributed by atoms with van der Waals surface area (Å²) in [6.07, 6.45) is 0. The maximum atomic E-state index is 12.0. The number of carbonyl (C=O) groups is 1. The molecular formula is C23H25N5O2S3. The molecule has 0 aliphatic heterocycles. The van der Waals surface area contributed by atoms with Crippen molar-refractivity contribution in [2.75, 3.05) is 13.7 Å². The van der Waals surface area contributed by atoms with Crippen molar-refractivity contribution in [2.45, 2.75) is 30.2 Å².